The number of sulfonamides is 1. The highest BCUT2D eigenvalue weighted by Gasteiger charge is 2.17. The molecule has 1 N–H and O–H groups in total. The maximum atomic E-state index is 13.3. The second kappa shape index (κ2) is 6.46. The third-order valence-electron chi connectivity index (χ3n) is 2.20. The van der Waals surface area contributed by atoms with Crippen LogP contribution in [0.1, 0.15) is 12.8 Å². The minimum Gasteiger partial charge on any atom is -0.469 e. The Labute approximate surface area is 105 Å². The van der Waals surface area contributed by atoms with Gasteiger partial charge in [0, 0.05) is 13.0 Å². The van der Waals surface area contributed by atoms with Gasteiger partial charge in [-0.3, -0.25) is 4.79 Å². The number of benzene rings is 1. The average molecular weight is 275 g/mol. The van der Waals surface area contributed by atoms with Crippen LogP contribution in [0, 0.1) is 5.82 Å². The van der Waals surface area contributed by atoms with Gasteiger partial charge in [0.25, 0.3) is 0 Å². The van der Waals surface area contributed by atoms with Crippen LogP contribution in [0.2, 0.25) is 0 Å². The van der Waals surface area contributed by atoms with Crippen LogP contribution in [0.3, 0.4) is 0 Å². The molecule has 1 aromatic rings. The summed E-state index contributed by atoms with van der Waals surface area (Å²) < 4.78 is 43.3. The fourth-order valence-corrected chi connectivity index (χ4v) is 2.43. The summed E-state index contributed by atoms with van der Waals surface area (Å²) >= 11 is 0. The highest BCUT2D eigenvalue weighted by Crippen LogP contribution is 2.12. The quantitative estimate of drug-likeness (QED) is 0.622. The van der Waals surface area contributed by atoms with Crippen molar-refractivity contribution in [3.8, 4) is 0 Å². The molecule has 0 saturated heterocycles. The van der Waals surface area contributed by atoms with Crippen molar-refractivity contribution in [2.75, 3.05) is 13.7 Å². The van der Waals surface area contributed by atoms with Crippen LogP contribution in [-0.4, -0.2) is 28.0 Å². The van der Waals surface area contributed by atoms with Gasteiger partial charge in [-0.2, -0.15) is 0 Å². The summed E-state index contributed by atoms with van der Waals surface area (Å²) in [6.07, 6.45) is 0.399. The number of rotatable bonds is 6. The van der Waals surface area contributed by atoms with Gasteiger partial charge < -0.3 is 4.74 Å². The Morgan fingerprint density at radius 2 is 2.06 bits per heavy atom. The Hall–Kier alpha value is -1.47. The van der Waals surface area contributed by atoms with E-state index in [0.29, 0.717) is 6.42 Å². The lowest BCUT2D eigenvalue weighted by molar-refractivity contribution is -0.140. The van der Waals surface area contributed by atoms with Gasteiger partial charge in [0.15, 0.2) is 0 Å². The monoisotopic (exact) mass is 275 g/mol. The molecule has 7 heteroatoms. The molecule has 1 aromatic carbocycles. The van der Waals surface area contributed by atoms with Crippen molar-refractivity contribution in [3.05, 3.63) is 30.1 Å². The molecule has 1 rings (SSSR count). The molecule has 0 saturated carbocycles. The molecule has 0 spiro atoms. The molecular formula is C11H14FNO4S. The lowest BCUT2D eigenvalue weighted by atomic mass is 10.3. The molecule has 0 bridgehead atoms. The number of hydrogen-bond acceptors (Lipinski definition) is 4. The van der Waals surface area contributed by atoms with Crippen molar-refractivity contribution in [2.24, 2.45) is 0 Å². The Morgan fingerprint density at radius 3 is 2.67 bits per heavy atom. The van der Waals surface area contributed by atoms with Crippen molar-refractivity contribution in [2.45, 2.75) is 17.7 Å². The predicted octanol–water partition coefficient (Wildman–Crippen LogP) is 1.06. The van der Waals surface area contributed by atoms with Crippen LogP contribution >= 0.6 is 0 Å². The second-order valence-electron chi connectivity index (χ2n) is 3.51. The van der Waals surface area contributed by atoms with Crippen LogP contribution in [0.15, 0.2) is 29.2 Å². The molecule has 0 aliphatic carbocycles. The second-order valence-corrected chi connectivity index (χ2v) is 5.24. The normalized spacial score (nSPS) is 11.2. The number of ether oxygens (including phenoxy) is 1. The van der Waals surface area contributed by atoms with E-state index in [-0.39, 0.29) is 13.0 Å². The predicted molar refractivity (Wildman–Crippen MR) is 62.8 cm³/mol. The van der Waals surface area contributed by atoms with E-state index >= 15 is 0 Å². The fourth-order valence-electron chi connectivity index (χ4n) is 1.28. The number of halogens is 1. The molecule has 0 unspecified atom stereocenters. The maximum absolute atomic E-state index is 13.3. The molecule has 0 aromatic heterocycles. The summed E-state index contributed by atoms with van der Waals surface area (Å²) in [7, 11) is -2.62. The van der Waals surface area contributed by atoms with E-state index in [1.165, 1.54) is 25.3 Å². The van der Waals surface area contributed by atoms with E-state index in [9.17, 15) is 17.6 Å². The van der Waals surface area contributed by atoms with Gasteiger partial charge >= 0.3 is 5.97 Å². The van der Waals surface area contributed by atoms with Crippen LogP contribution in [0.5, 0.6) is 0 Å². The zero-order valence-electron chi connectivity index (χ0n) is 9.85. The van der Waals surface area contributed by atoms with Crippen LogP contribution in [0.25, 0.3) is 0 Å². The van der Waals surface area contributed by atoms with Crippen LogP contribution in [0.4, 0.5) is 4.39 Å². The van der Waals surface area contributed by atoms with Crippen LogP contribution < -0.4 is 4.72 Å². The first-order chi connectivity index (χ1) is 8.47. The molecular weight excluding hydrogens is 261 g/mol. The van der Waals surface area contributed by atoms with Gasteiger partial charge in [-0.05, 0) is 18.6 Å². The molecule has 0 atom stereocenters. The Bertz CT molecular complexity index is 516. The lowest BCUT2D eigenvalue weighted by Crippen LogP contribution is -2.26. The van der Waals surface area contributed by atoms with Gasteiger partial charge in [-0.1, -0.05) is 12.1 Å². The third-order valence-corrected chi connectivity index (χ3v) is 3.70. The standard InChI is InChI=1S/C11H14FNO4S/c1-17-11(14)7-4-8-13-18(15,16)10-6-3-2-5-9(10)12/h2-3,5-6,13H,4,7-8H2,1H3. The SMILES string of the molecule is COC(=O)CCCNS(=O)(=O)c1ccccc1F. The lowest BCUT2D eigenvalue weighted by Gasteiger charge is -2.06. The zero-order chi connectivity index (χ0) is 13.6. The smallest absolute Gasteiger partial charge is 0.305 e. The number of carbonyl (C=O) groups is 1. The first kappa shape index (κ1) is 14.6. The van der Waals surface area contributed by atoms with Gasteiger partial charge in [-0.25, -0.2) is 17.5 Å². The van der Waals surface area contributed by atoms with E-state index in [1.54, 1.807) is 0 Å². The Morgan fingerprint density at radius 1 is 1.39 bits per heavy atom. The maximum Gasteiger partial charge on any atom is 0.305 e. The molecule has 0 aliphatic heterocycles. The molecule has 0 radical (unpaired) electrons. The summed E-state index contributed by atoms with van der Waals surface area (Å²) in [5.74, 6) is -1.22. The first-order valence-electron chi connectivity index (χ1n) is 5.28. The van der Waals surface area contributed by atoms with E-state index in [4.69, 9.17) is 0 Å². The Kier molecular flexibility index (Phi) is 5.24. The van der Waals surface area contributed by atoms with Gasteiger partial charge in [0.1, 0.15) is 10.7 Å². The Balaban J connectivity index is 2.56. The highest BCUT2D eigenvalue weighted by molar-refractivity contribution is 7.89. The average Bonchev–Trinajstić information content (AvgIpc) is 2.34. The largest absolute Gasteiger partial charge is 0.469 e. The van der Waals surface area contributed by atoms with Gasteiger partial charge in [-0.15, -0.1) is 0 Å². The summed E-state index contributed by atoms with van der Waals surface area (Å²) in [5, 5.41) is 0. The van der Waals surface area contributed by atoms with Crippen molar-refractivity contribution >= 4 is 16.0 Å². The molecule has 0 fully saturated rings. The van der Waals surface area contributed by atoms with E-state index in [1.807, 2.05) is 0 Å². The summed E-state index contributed by atoms with van der Waals surface area (Å²) in [6, 6.07) is 5.10. The number of esters is 1. The summed E-state index contributed by atoms with van der Waals surface area (Å²) in [4.78, 5) is 10.4. The number of methoxy groups -OCH3 is 1. The van der Waals surface area contributed by atoms with Crippen molar-refractivity contribution in [3.63, 3.8) is 0 Å². The molecule has 0 heterocycles. The number of nitrogens with one attached hydrogen (secondary N) is 1. The molecule has 18 heavy (non-hydrogen) atoms. The van der Waals surface area contributed by atoms with Gasteiger partial charge in [0.05, 0.1) is 7.11 Å². The number of carbonyl (C=O) groups excluding carboxylic acids is 1. The molecule has 0 amide bonds. The third kappa shape index (κ3) is 4.08. The molecule has 5 nitrogen and oxygen atoms in total. The zero-order valence-corrected chi connectivity index (χ0v) is 10.7. The topological polar surface area (TPSA) is 72.5 Å². The van der Waals surface area contributed by atoms with E-state index in [2.05, 4.69) is 9.46 Å². The van der Waals surface area contributed by atoms with E-state index < -0.39 is 26.7 Å². The minimum atomic E-state index is -3.87. The van der Waals surface area contributed by atoms with Crippen molar-refractivity contribution in [1.82, 2.24) is 4.72 Å². The fraction of sp³-hybridized carbons (Fsp3) is 0.364. The van der Waals surface area contributed by atoms with Crippen molar-refractivity contribution in [1.29, 1.82) is 0 Å². The number of hydrogen-bond donors (Lipinski definition) is 1. The minimum absolute atomic E-state index is 0.0474. The summed E-state index contributed by atoms with van der Waals surface area (Å²) in [6.45, 7) is 0.0474. The summed E-state index contributed by atoms with van der Waals surface area (Å²) in [5.41, 5.74) is 0. The highest BCUT2D eigenvalue weighted by atomic mass is 32.2. The molecule has 0 aliphatic rings. The molecule has 100 valence electrons. The van der Waals surface area contributed by atoms with Crippen LogP contribution in [-0.2, 0) is 19.6 Å². The van der Waals surface area contributed by atoms with Gasteiger partial charge in [0.2, 0.25) is 10.0 Å². The van der Waals surface area contributed by atoms with Crippen molar-refractivity contribution < 1.29 is 22.3 Å². The van der Waals surface area contributed by atoms with E-state index in [0.717, 1.165) is 6.07 Å². The first-order valence-corrected chi connectivity index (χ1v) is 6.76.